The number of nitrogens with two attached hydrogens (primary N) is 1. The van der Waals surface area contributed by atoms with E-state index >= 15 is 0 Å². The van der Waals surface area contributed by atoms with Gasteiger partial charge in [-0.15, -0.1) is 0 Å². The second kappa shape index (κ2) is 8.68. The molecule has 4 heterocycles. The zero-order valence-corrected chi connectivity index (χ0v) is 19.7. The number of nitrogen functional groups attached to an aromatic ring is 1. The van der Waals surface area contributed by atoms with Crippen LogP contribution in [0.15, 0.2) is 48.5 Å². The second-order valence-electron chi connectivity index (χ2n) is 10.3. The van der Waals surface area contributed by atoms with Crippen LogP contribution in [0.25, 0.3) is 0 Å². The Bertz CT molecular complexity index is 1140. The number of fused-ring (bicyclic) bond motifs is 1. The lowest BCUT2D eigenvalue weighted by atomic mass is 9.86. The molecule has 3 unspecified atom stereocenters. The molecule has 3 N–H and O–H groups in total. The highest BCUT2D eigenvalue weighted by molar-refractivity contribution is 6.01. The molecular weight excluding hydrogens is 442 g/mol. The summed E-state index contributed by atoms with van der Waals surface area (Å²) in [5.74, 6) is 0.109. The Morgan fingerprint density at radius 3 is 2.26 bits per heavy atom. The molecule has 4 aliphatic heterocycles. The highest BCUT2D eigenvalue weighted by Gasteiger charge is 2.46. The highest BCUT2D eigenvalue weighted by Crippen LogP contribution is 2.37. The van der Waals surface area contributed by atoms with Gasteiger partial charge in [-0.1, -0.05) is 12.1 Å². The SMILES string of the molecule is Nc1ccc(N2CC3CCN(C4CN(c5ccc(C6CCC(=O)NC6=O)cc5)C4)CC3C2=O)cc1. The number of rotatable bonds is 4. The van der Waals surface area contributed by atoms with Crippen molar-refractivity contribution in [3.8, 4) is 0 Å². The number of carbonyl (C=O) groups excluding carboxylic acids is 3. The Morgan fingerprint density at radius 1 is 0.829 bits per heavy atom. The van der Waals surface area contributed by atoms with Crippen LogP contribution in [0.1, 0.15) is 30.7 Å². The molecule has 8 heteroatoms. The van der Waals surface area contributed by atoms with E-state index in [4.69, 9.17) is 5.73 Å². The third-order valence-corrected chi connectivity index (χ3v) is 8.27. The Balaban J connectivity index is 1.04. The Morgan fingerprint density at radius 2 is 1.54 bits per heavy atom. The predicted octanol–water partition coefficient (Wildman–Crippen LogP) is 1.96. The fourth-order valence-corrected chi connectivity index (χ4v) is 6.09. The summed E-state index contributed by atoms with van der Waals surface area (Å²) in [7, 11) is 0. The smallest absolute Gasteiger partial charge is 0.234 e. The maximum atomic E-state index is 13.2. The molecule has 3 amide bonds. The average molecular weight is 474 g/mol. The average Bonchev–Trinajstić information content (AvgIpc) is 3.15. The first-order valence-electron chi connectivity index (χ1n) is 12.6. The number of carbonyl (C=O) groups is 3. The summed E-state index contributed by atoms with van der Waals surface area (Å²) in [6.07, 6.45) is 2.02. The molecule has 182 valence electrons. The molecule has 2 aromatic rings. The van der Waals surface area contributed by atoms with Gasteiger partial charge in [0.1, 0.15) is 0 Å². The molecule has 0 aromatic heterocycles. The second-order valence-corrected chi connectivity index (χ2v) is 10.3. The molecule has 8 nitrogen and oxygen atoms in total. The zero-order chi connectivity index (χ0) is 24.1. The van der Waals surface area contributed by atoms with Gasteiger partial charge < -0.3 is 15.5 Å². The molecule has 2 aromatic carbocycles. The van der Waals surface area contributed by atoms with E-state index in [1.54, 1.807) is 0 Å². The van der Waals surface area contributed by atoms with E-state index in [1.807, 2.05) is 41.3 Å². The van der Waals surface area contributed by atoms with Gasteiger partial charge in [0.2, 0.25) is 17.7 Å². The van der Waals surface area contributed by atoms with Gasteiger partial charge >= 0.3 is 0 Å². The lowest BCUT2D eigenvalue weighted by Crippen LogP contribution is -2.62. The van der Waals surface area contributed by atoms with Gasteiger partial charge in [-0.25, -0.2) is 0 Å². The molecule has 0 spiro atoms. The fraction of sp³-hybridized carbons (Fsp3) is 0.444. The van der Waals surface area contributed by atoms with E-state index in [1.165, 1.54) is 0 Å². The van der Waals surface area contributed by atoms with Crippen LogP contribution in [0.5, 0.6) is 0 Å². The third kappa shape index (κ3) is 4.05. The quantitative estimate of drug-likeness (QED) is 0.520. The van der Waals surface area contributed by atoms with Crippen molar-refractivity contribution in [1.82, 2.24) is 10.2 Å². The molecule has 35 heavy (non-hydrogen) atoms. The maximum absolute atomic E-state index is 13.2. The van der Waals surface area contributed by atoms with Crippen LogP contribution in [-0.4, -0.2) is 61.4 Å². The normalized spacial score (nSPS) is 27.5. The van der Waals surface area contributed by atoms with Gasteiger partial charge in [0.25, 0.3) is 0 Å². The van der Waals surface area contributed by atoms with E-state index in [0.29, 0.717) is 30.5 Å². The number of anilines is 3. The summed E-state index contributed by atoms with van der Waals surface area (Å²) in [6, 6.07) is 16.2. The standard InChI is InChI=1S/C27H31N5O3/c28-19-3-7-21(8-4-19)32-13-18-11-12-30(16-24(18)27(32)35)22-14-31(15-22)20-5-1-17(2-6-20)23-9-10-25(33)29-26(23)34/h1-8,18,22-24H,9-16,28H2,(H,29,33,34). The molecule has 4 saturated heterocycles. The lowest BCUT2D eigenvalue weighted by molar-refractivity contribution is -0.134. The van der Waals surface area contributed by atoms with Crippen molar-refractivity contribution in [2.24, 2.45) is 11.8 Å². The highest BCUT2D eigenvalue weighted by atomic mass is 16.2. The van der Waals surface area contributed by atoms with Crippen molar-refractivity contribution in [2.45, 2.75) is 31.2 Å². The van der Waals surface area contributed by atoms with Crippen LogP contribution in [0, 0.1) is 11.8 Å². The number of piperidine rings is 2. The van der Waals surface area contributed by atoms with Crippen molar-refractivity contribution in [1.29, 1.82) is 0 Å². The minimum atomic E-state index is -0.246. The number of nitrogens with zero attached hydrogens (tertiary/aromatic N) is 3. The maximum Gasteiger partial charge on any atom is 0.234 e. The van der Waals surface area contributed by atoms with Crippen LogP contribution in [0.4, 0.5) is 17.1 Å². The summed E-state index contributed by atoms with van der Waals surface area (Å²) < 4.78 is 0. The number of hydrogen-bond donors (Lipinski definition) is 2. The molecule has 6 rings (SSSR count). The molecule has 0 radical (unpaired) electrons. The van der Waals surface area contributed by atoms with Crippen molar-refractivity contribution < 1.29 is 14.4 Å². The minimum Gasteiger partial charge on any atom is -0.399 e. The Kier molecular flexibility index (Phi) is 5.48. The number of nitrogens with one attached hydrogen (secondary N) is 1. The number of likely N-dealkylation sites (tertiary alicyclic amines) is 1. The Hall–Kier alpha value is -3.39. The third-order valence-electron chi connectivity index (χ3n) is 8.27. The summed E-state index contributed by atoms with van der Waals surface area (Å²) in [5.41, 5.74) is 9.58. The fourth-order valence-electron chi connectivity index (χ4n) is 6.09. The van der Waals surface area contributed by atoms with Crippen molar-refractivity contribution in [3.63, 3.8) is 0 Å². The van der Waals surface area contributed by atoms with Gasteiger partial charge in [-0.2, -0.15) is 0 Å². The van der Waals surface area contributed by atoms with Gasteiger partial charge in [-0.3, -0.25) is 24.6 Å². The van der Waals surface area contributed by atoms with Gasteiger partial charge in [-0.05, 0) is 67.3 Å². The number of benzene rings is 2. The number of imide groups is 1. The molecule has 0 bridgehead atoms. The molecule has 0 saturated carbocycles. The van der Waals surface area contributed by atoms with Gasteiger partial charge in [0.15, 0.2) is 0 Å². The van der Waals surface area contributed by atoms with Crippen LogP contribution in [0.3, 0.4) is 0 Å². The zero-order valence-electron chi connectivity index (χ0n) is 19.7. The van der Waals surface area contributed by atoms with Gasteiger partial charge in [0, 0.05) is 55.7 Å². The molecule has 4 fully saturated rings. The summed E-state index contributed by atoms with van der Waals surface area (Å²) in [4.78, 5) is 43.5. The monoisotopic (exact) mass is 473 g/mol. The number of hydrogen-bond acceptors (Lipinski definition) is 6. The topological polar surface area (TPSA) is 99.0 Å². The minimum absolute atomic E-state index is 0.0724. The van der Waals surface area contributed by atoms with Crippen molar-refractivity contribution in [2.75, 3.05) is 48.3 Å². The Labute approximate surface area is 205 Å². The van der Waals surface area contributed by atoms with Crippen LogP contribution < -0.4 is 20.9 Å². The first-order chi connectivity index (χ1) is 17.0. The van der Waals surface area contributed by atoms with E-state index in [-0.39, 0.29) is 29.6 Å². The van der Waals surface area contributed by atoms with Crippen molar-refractivity contribution >= 4 is 34.8 Å². The van der Waals surface area contributed by atoms with Gasteiger partial charge in [0.05, 0.1) is 11.8 Å². The number of amides is 3. The summed E-state index contributed by atoms with van der Waals surface area (Å²) in [6.45, 7) is 4.58. The summed E-state index contributed by atoms with van der Waals surface area (Å²) >= 11 is 0. The summed E-state index contributed by atoms with van der Waals surface area (Å²) in [5, 5.41) is 2.44. The van der Waals surface area contributed by atoms with Crippen LogP contribution in [-0.2, 0) is 14.4 Å². The van der Waals surface area contributed by atoms with E-state index in [0.717, 1.165) is 56.1 Å². The van der Waals surface area contributed by atoms with E-state index < -0.39 is 0 Å². The molecule has 3 atom stereocenters. The van der Waals surface area contributed by atoms with E-state index in [2.05, 4.69) is 27.2 Å². The van der Waals surface area contributed by atoms with Crippen LogP contribution in [0.2, 0.25) is 0 Å². The lowest BCUT2D eigenvalue weighted by Gasteiger charge is -2.49. The predicted molar refractivity (Wildman–Crippen MR) is 134 cm³/mol. The van der Waals surface area contributed by atoms with E-state index in [9.17, 15) is 14.4 Å². The molecular formula is C27H31N5O3. The van der Waals surface area contributed by atoms with Crippen LogP contribution >= 0.6 is 0 Å². The first kappa shape index (κ1) is 22.1. The molecule has 0 aliphatic carbocycles. The molecule has 4 aliphatic rings. The first-order valence-corrected chi connectivity index (χ1v) is 12.6. The van der Waals surface area contributed by atoms with Crippen molar-refractivity contribution in [3.05, 3.63) is 54.1 Å². The largest absolute Gasteiger partial charge is 0.399 e.